The monoisotopic (exact) mass is 195 g/mol. The van der Waals surface area contributed by atoms with Crippen LogP contribution in [0.5, 0.6) is 0 Å². The molecule has 0 bridgehead atoms. The maximum Gasteiger partial charge on any atom is 0.225 e. The number of halogens is 1. The third kappa shape index (κ3) is 1.86. The van der Waals surface area contributed by atoms with Gasteiger partial charge in [0.05, 0.1) is 18.9 Å². The summed E-state index contributed by atoms with van der Waals surface area (Å²) in [5, 5.41) is 0. The van der Waals surface area contributed by atoms with Crippen molar-refractivity contribution < 1.29 is 9.18 Å². The predicted molar refractivity (Wildman–Crippen MR) is 48.4 cm³/mol. The van der Waals surface area contributed by atoms with Crippen molar-refractivity contribution >= 4 is 11.7 Å². The van der Waals surface area contributed by atoms with Gasteiger partial charge in [0.2, 0.25) is 5.95 Å². The molecule has 0 N–H and O–H groups in total. The number of hydrogen-bond acceptors (Lipinski definition) is 4. The highest BCUT2D eigenvalue weighted by molar-refractivity contribution is 5.84. The maximum absolute atomic E-state index is 12.5. The second-order valence-corrected chi connectivity index (χ2v) is 3.27. The number of hydrogen-bond donors (Lipinski definition) is 0. The number of ketones is 1. The number of rotatable bonds is 1. The van der Waals surface area contributed by atoms with E-state index in [2.05, 4.69) is 9.97 Å². The highest BCUT2D eigenvalue weighted by Crippen LogP contribution is 2.12. The van der Waals surface area contributed by atoms with E-state index in [1.807, 2.05) is 0 Å². The molecular formula is C9H10FN3O. The van der Waals surface area contributed by atoms with Gasteiger partial charge in [0.15, 0.2) is 11.6 Å². The van der Waals surface area contributed by atoms with Crippen molar-refractivity contribution in [3.05, 3.63) is 18.2 Å². The first-order chi connectivity index (χ1) is 6.75. The molecule has 0 radical (unpaired) electrons. The van der Waals surface area contributed by atoms with Gasteiger partial charge in [-0.25, -0.2) is 14.4 Å². The lowest BCUT2D eigenvalue weighted by atomic mass is 10.1. The molecule has 14 heavy (non-hydrogen) atoms. The van der Waals surface area contributed by atoms with Crippen LogP contribution in [-0.4, -0.2) is 28.8 Å². The van der Waals surface area contributed by atoms with Crippen LogP contribution >= 0.6 is 0 Å². The van der Waals surface area contributed by atoms with Crippen LogP contribution in [0.15, 0.2) is 12.4 Å². The van der Waals surface area contributed by atoms with E-state index in [9.17, 15) is 9.18 Å². The summed E-state index contributed by atoms with van der Waals surface area (Å²) in [5.74, 6) is 0.153. The largest absolute Gasteiger partial charge is 0.333 e. The molecule has 1 aromatic rings. The van der Waals surface area contributed by atoms with Crippen LogP contribution in [0.3, 0.4) is 0 Å². The van der Waals surface area contributed by atoms with Crippen molar-refractivity contribution in [3.63, 3.8) is 0 Å². The summed E-state index contributed by atoms with van der Waals surface area (Å²) in [5.41, 5.74) is 0. The molecule has 1 fully saturated rings. The zero-order chi connectivity index (χ0) is 9.97. The number of anilines is 1. The molecular weight excluding hydrogens is 185 g/mol. The van der Waals surface area contributed by atoms with E-state index in [0.29, 0.717) is 18.9 Å². The minimum Gasteiger partial charge on any atom is -0.333 e. The molecule has 4 nitrogen and oxygen atoms in total. The van der Waals surface area contributed by atoms with Gasteiger partial charge in [0.25, 0.3) is 0 Å². The van der Waals surface area contributed by atoms with Gasteiger partial charge in [-0.05, 0) is 6.42 Å². The Balaban J connectivity index is 2.14. The van der Waals surface area contributed by atoms with Gasteiger partial charge < -0.3 is 4.90 Å². The standard InChI is InChI=1S/C9H10FN3O/c10-7-4-11-9(12-5-7)13-3-1-2-8(14)6-13/h4-5H,1-3,6H2. The van der Waals surface area contributed by atoms with Crippen LogP contribution in [0.1, 0.15) is 12.8 Å². The van der Waals surface area contributed by atoms with Crippen molar-refractivity contribution in [2.24, 2.45) is 0 Å². The Bertz CT molecular complexity index is 338. The average molecular weight is 195 g/mol. The van der Waals surface area contributed by atoms with E-state index in [-0.39, 0.29) is 5.78 Å². The van der Waals surface area contributed by atoms with E-state index >= 15 is 0 Å². The van der Waals surface area contributed by atoms with Crippen LogP contribution in [0, 0.1) is 5.82 Å². The predicted octanol–water partition coefficient (Wildman–Crippen LogP) is 0.785. The summed E-state index contributed by atoms with van der Waals surface area (Å²) in [6, 6.07) is 0. The fourth-order valence-electron chi connectivity index (χ4n) is 1.48. The van der Waals surface area contributed by atoms with Gasteiger partial charge in [-0.15, -0.1) is 0 Å². The molecule has 1 aliphatic rings. The second-order valence-electron chi connectivity index (χ2n) is 3.27. The van der Waals surface area contributed by atoms with Crippen LogP contribution < -0.4 is 4.90 Å². The fraction of sp³-hybridized carbons (Fsp3) is 0.444. The van der Waals surface area contributed by atoms with E-state index in [1.54, 1.807) is 4.90 Å². The molecule has 0 aliphatic carbocycles. The Labute approximate surface area is 80.8 Å². The molecule has 1 aromatic heterocycles. The SMILES string of the molecule is O=C1CCCN(c2ncc(F)cn2)C1. The molecule has 1 saturated heterocycles. The highest BCUT2D eigenvalue weighted by atomic mass is 19.1. The topological polar surface area (TPSA) is 46.1 Å². The third-order valence-corrected chi connectivity index (χ3v) is 2.14. The Hall–Kier alpha value is -1.52. The fourth-order valence-corrected chi connectivity index (χ4v) is 1.48. The van der Waals surface area contributed by atoms with Gasteiger partial charge in [-0.3, -0.25) is 4.79 Å². The van der Waals surface area contributed by atoms with Crippen molar-refractivity contribution in [2.75, 3.05) is 18.0 Å². The van der Waals surface area contributed by atoms with Gasteiger partial charge >= 0.3 is 0 Å². The molecule has 0 atom stereocenters. The number of carbonyl (C=O) groups is 1. The Morgan fingerprint density at radius 3 is 2.71 bits per heavy atom. The molecule has 2 rings (SSSR count). The maximum atomic E-state index is 12.5. The normalized spacial score (nSPS) is 17.2. The van der Waals surface area contributed by atoms with Gasteiger partial charge in [0.1, 0.15) is 0 Å². The Morgan fingerprint density at radius 1 is 1.36 bits per heavy atom. The zero-order valence-electron chi connectivity index (χ0n) is 7.61. The van der Waals surface area contributed by atoms with Crippen LogP contribution in [0.25, 0.3) is 0 Å². The first kappa shape index (κ1) is 9.05. The molecule has 0 unspecified atom stereocenters. The molecule has 0 spiro atoms. The van der Waals surface area contributed by atoms with Crippen molar-refractivity contribution in [1.29, 1.82) is 0 Å². The van der Waals surface area contributed by atoms with E-state index < -0.39 is 5.82 Å². The number of aromatic nitrogens is 2. The van der Waals surface area contributed by atoms with Crippen molar-refractivity contribution in [2.45, 2.75) is 12.8 Å². The zero-order valence-corrected chi connectivity index (χ0v) is 7.61. The quantitative estimate of drug-likeness (QED) is 0.664. The molecule has 0 aromatic carbocycles. The molecule has 5 heteroatoms. The summed E-state index contributed by atoms with van der Waals surface area (Å²) in [7, 11) is 0. The minimum absolute atomic E-state index is 0.184. The minimum atomic E-state index is -0.461. The average Bonchev–Trinajstić information content (AvgIpc) is 2.19. The second kappa shape index (κ2) is 3.69. The van der Waals surface area contributed by atoms with Crippen molar-refractivity contribution in [3.8, 4) is 0 Å². The lowest BCUT2D eigenvalue weighted by Crippen LogP contribution is -2.36. The summed E-state index contributed by atoms with van der Waals surface area (Å²) in [4.78, 5) is 20.6. The Kier molecular flexibility index (Phi) is 2.39. The van der Waals surface area contributed by atoms with Gasteiger partial charge in [-0.1, -0.05) is 0 Å². The third-order valence-electron chi connectivity index (χ3n) is 2.14. The van der Waals surface area contributed by atoms with Gasteiger partial charge in [0, 0.05) is 13.0 Å². The van der Waals surface area contributed by atoms with Gasteiger partial charge in [-0.2, -0.15) is 0 Å². The first-order valence-corrected chi connectivity index (χ1v) is 4.50. The first-order valence-electron chi connectivity index (χ1n) is 4.50. The number of nitrogens with zero attached hydrogens (tertiary/aromatic N) is 3. The summed E-state index contributed by atoms with van der Waals surface area (Å²) in [6.07, 6.45) is 3.67. The highest BCUT2D eigenvalue weighted by Gasteiger charge is 2.18. The smallest absolute Gasteiger partial charge is 0.225 e. The van der Waals surface area contributed by atoms with Crippen LogP contribution in [-0.2, 0) is 4.79 Å². The number of carbonyl (C=O) groups excluding carboxylic acids is 1. The number of piperidine rings is 1. The Morgan fingerprint density at radius 2 is 2.07 bits per heavy atom. The molecule has 2 heterocycles. The molecule has 74 valence electrons. The summed E-state index contributed by atoms with van der Waals surface area (Å²) < 4.78 is 12.5. The molecule has 0 saturated carbocycles. The lowest BCUT2D eigenvalue weighted by molar-refractivity contribution is -0.118. The van der Waals surface area contributed by atoms with E-state index in [4.69, 9.17) is 0 Å². The lowest BCUT2D eigenvalue weighted by Gasteiger charge is -2.25. The van der Waals surface area contributed by atoms with E-state index in [1.165, 1.54) is 0 Å². The number of Topliss-reactive ketones (excluding diaryl/α,β-unsaturated/α-hetero) is 1. The summed E-state index contributed by atoms with van der Waals surface area (Å²) in [6.45, 7) is 1.10. The molecule has 1 aliphatic heterocycles. The van der Waals surface area contributed by atoms with Crippen molar-refractivity contribution in [1.82, 2.24) is 9.97 Å². The van der Waals surface area contributed by atoms with Crippen LogP contribution in [0.2, 0.25) is 0 Å². The summed E-state index contributed by atoms with van der Waals surface area (Å²) >= 11 is 0. The van der Waals surface area contributed by atoms with E-state index in [0.717, 1.165) is 25.4 Å². The molecule has 0 amide bonds. The van der Waals surface area contributed by atoms with Crippen LogP contribution in [0.4, 0.5) is 10.3 Å².